The van der Waals surface area contributed by atoms with Gasteiger partial charge in [-0.2, -0.15) is 0 Å². The number of ether oxygens (including phenoxy) is 2. The smallest absolute Gasteiger partial charge is 0.340 e. The standard InChI is InChI=1S/C18H22BrN3O4/c1-5-22(14-7-6-13(19)10-20-14)17(23)16-11(2)15(12(3)21-16)18(24)26-9-8-25-4/h6-7,10,21H,5,8-9H2,1-4H3. The number of nitrogens with one attached hydrogen (secondary N) is 1. The molecule has 0 saturated heterocycles. The van der Waals surface area contributed by atoms with E-state index in [0.29, 0.717) is 41.5 Å². The van der Waals surface area contributed by atoms with Crippen LogP contribution in [0.4, 0.5) is 5.82 Å². The molecule has 1 N–H and O–H groups in total. The molecular weight excluding hydrogens is 402 g/mol. The van der Waals surface area contributed by atoms with E-state index in [1.54, 1.807) is 31.0 Å². The van der Waals surface area contributed by atoms with Gasteiger partial charge in [0, 0.05) is 30.0 Å². The lowest BCUT2D eigenvalue weighted by Crippen LogP contribution is -2.32. The van der Waals surface area contributed by atoms with Crippen molar-refractivity contribution in [2.24, 2.45) is 0 Å². The molecule has 2 aromatic rings. The average molecular weight is 424 g/mol. The number of hydrogen-bond donors (Lipinski definition) is 1. The number of aromatic nitrogens is 2. The molecular formula is C18H22BrN3O4. The number of H-pyrrole nitrogens is 1. The Morgan fingerprint density at radius 1 is 1.27 bits per heavy atom. The van der Waals surface area contributed by atoms with Gasteiger partial charge in [0.2, 0.25) is 0 Å². The molecule has 0 aromatic carbocycles. The summed E-state index contributed by atoms with van der Waals surface area (Å²) in [6.07, 6.45) is 1.64. The summed E-state index contributed by atoms with van der Waals surface area (Å²) in [5.74, 6) is -0.187. The summed E-state index contributed by atoms with van der Waals surface area (Å²) in [4.78, 5) is 34.1. The third-order valence-electron chi connectivity index (χ3n) is 3.93. The molecule has 0 aliphatic carbocycles. The second-order valence-electron chi connectivity index (χ2n) is 5.64. The van der Waals surface area contributed by atoms with E-state index in [4.69, 9.17) is 9.47 Å². The van der Waals surface area contributed by atoms with Gasteiger partial charge in [-0.25, -0.2) is 9.78 Å². The number of carbonyl (C=O) groups excluding carboxylic acids is 2. The van der Waals surface area contributed by atoms with Crippen molar-refractivity contribution in [3.8, 4) is 0 Å². The molecule has 0 radical (unpaired) electrons. The number of rotatable bonds is 7. The summed E-state index contributed by atoms with van der Waals surface area (Å²) in [6, 6.07) is 3.58. The number of pyridine rings is 1. The Bertz CT molecular complexity index is 786. The van der Waals surface area contributed by atoms with Crippen molar-refractivity contribution in [3.05, 3.63) is 45.3 Å². The first-order valence-electron chi connectivity index (χ1n) is 8.19. The molecule has 0 saturated carbocycles. The van der Waals surface area contributed by atoms with E-state index < -0.39 is 5.97 Å². The number of nitrogens with zero attached hydrogens (tertiary/aromatic N) is 2. The molecule has 0 unspecified atom stereocenters. The first-order chi connectivity index (χ1) is 12.4. The minimum atomic E-state index is -0.475. The number of aryl methyl sites for hydroxylation is 1. The number of hydrogen-bond acceptors (Lipinski definition) is 5. The van der Waals surface area contributed by atoms with E-state index in [9.17, 15) is 9.59 Å². The van der Waals surface area contributed by atoms with E-state index in [1.165, 1.54) is 7.11 Å². The van der Waals surface area contributed by atoms with Crippen molar-refractivity contribution in [2.75, 3.05) is 31.8 Å². The molecule has 8 heteroatoms. The predicted octanol–water partition coefficient (Wildman–Crippen LogP) is 3.26. The third kappa shape index (κ3) is 4.31. The van der Waals surface area contributed by atoms with Crippen LogP contribution in [-0.4, -0.2) is 48.7 Å². The summed E-state index contributed by atoms with van der Waals surface area (Å²) in [5, 5.41) is 0. The maximum Gasteiger partial charge on any atom is 0.340 e. The van der Waals surface area contributed by atoms with Gasteiger partial charge in [-0.3, -0.25) is 9.69 Å². The van der Waals surface area contributed by atoms with Gasteiger partial charge in [0.1, 0.15) is 18.1 Å². The topological polar surface area (TPSA) is 84.5 Å². The zero-order valence-corrected chi connectivity index (χ0v) is 16.8. The van der Waals surface area contributed by atoms with E-state index in [0.717, 1.165) is 4.47 Å². The van der Waals surface area contributed by atoms with Gasteiger partial charge in [0.05, 0.1) is 12.2 Å². The highest BCUT2D eigenvalue weighted by molar-refractivity contribution is 9.10. The Morgan fingerprint density at radius 3 is 2.58 bits per heavy atom. The van der Waals surface area contributed by atoms with Crippen molar-refractivity contribution in [1.82, 2.24) is 9.97 Å². The molecule has 0 bridgehead atoms. The normalized spacial score (nSPS) is 10.7. The highest BCUT2D eigenvalue weighted by Crippen LogP contribution is 2.23. The van der Waals surface area contributed by atoms with Gasteiger partial charge in [-0.15, -0.1) is 0 Å². The molecule has 0 spiro atoms. The second kappa shape index (κ2) is 8.95. The summed E-state index contributed by atoms with van der Waals surface area (Å²) in [5.41, 5.74) is 1.88. The summed E-state index contributed by atoms with van der Waals surface area (Å²) >= 11 is 3.33. The van der Waals surface area contributed by atoms with Crippen molar-refractivity contribution in [1.29, 1.82) is 0 Å². The van der Waals surface area contributed by atoms with Crippen molar-refractivity contribution in [2.45, 2.75) is 20.8 Å². The van der Waals surface area contributed by atoms with E-state index in [2.05, 4.69) is 25.9 Å². The second-order valence-corrected chi connectivity index (χ2v) is 6.55. The SMILES string of the molecule is CCN(C(=O)c1[nH]c(C)c(C(=O)OCCOC)c1C)c1ccc(Br)cn1. The fourth-order valence-corrected chi connectivity index (χ4v) is 2.87. The third-order valence-corrected chi connectivity index (χ3v) is 4.39. The molecule has 2 heterocycles. The van der Waals surface area contributed by atoms with Gasteiger partial charge in [-0.1, -0.05) is 0 Å². The minimum Gasteiger partial charge on any atom is -0.460 e. The van der Waals surface area contributed by atoms with Gasteiger partial charge < -0.3 is 14.5 Å². The first kappa shape index (κ1) is 20.1. The number of methoxy groups -OCH3 is 1. The molecule has 0 atom stereocenters. The van der Waals surface area contributed by atoms with Gasteiger partial charge in [0.25, 0.3) is 5.91 Å². The zero-order valence-electron chi connectivity index (χ0n) is 15.3. The lowest BCUT2D eigenvalue weighted by Gasteiger charge is -2.19. The quantitative estimate of drug-likeness (QED) is 0.545. The van der Waals surface area contributed by atoms with E-state index >= 15 is 0 Å². The predicted molar refractivity (Wildman–Crippen MR) is 102 cm³/mol. The fraction of sp³-hybridized carbons (Fsp3) is 0.389. The molecule has 2 rings (SSSR count). The lowest BCUT2D eigenvalue weighted by molar-refractivity contribution is 0.0387. The van der Waals surface area contributed by atoms with Crippen LogP contribution >= 0.6 is 15.9 Å². The molecule has 140 valence electrons. The molecule has 0 aliphatic heterocycles. The van der Waals surface area contributed by atoms with Crippen LogP contribution in [0, 0.1) is 13.8 Å². The monoisotopic (exact) mass is 423 g/mol. The largest absolute Gasteiger partial charge is 0.460 e. The summed E-state index contributed by atoms with van der Waals surface area (Å²) in [6.45, 7) is 6.26. The van der Waals surface area contributed by atoms with Crippen LogP contribution in [0.1, 0.15) is 39.0 Å². The number of halogens is 1. The maximum absolute atomic E-state index is 13.0. The van der Waals surface area contributed by atoms with Crippen LogP contribution in [0.25, 0.3) is 0 Å². The van der Waals surface area contributed by atoms with Crippen molar-refractivity contribution < 1.29 is 19.1 Å². The lowest BCUT2D eigenvalue weighted by atomic mass is 10.1. The highest BCUT2D eigenvalue weighted by atomic mass is 79.9. The van der Waals surface area contributed by atoms with Crippen LogP contribution in [0.5, 0.6) is 0 Å². The van der Waals surface area contributed by atoms with Gasteiger partial charge in [-0.05, 0) is 54.4 Å². The van der Waals surface area contributed by atoms with Crippen LogP contribution in [0.15, 0.2) is 22.8 Å². The Morgan fingerprint density at radius 2 is 2.00 bits per heavy atom. The Kier molecular flexibility index (Phi) is 6.93. The van der Waals surface area contributed by atoms with Crippen LogP contribution in [0.2, 0.25) is 0 Å². The summed E-state index contributed by atoms with van der Waals surface area (Å²) in [7, 11) is 1.53. The number of carbonyl (C=O) groups is 2. The molecule has 1 amide bonds. The average Bonchev–Trinajstić information content (AvgIpc) is 2.91. The van der Waals surface area contributed by atoms with Crippen LogP contribution in [0.3, 0.4) is 0 Å². The number of esters is 1. The first-order valence-corrected chi connectivity index (χ1v) is 8.98. The maximum atomic E-state index is 13.0. The molecule has 0 aliphatic rings. The van der Waals surface area contributed by atoms with E-state index in [1.807, 2.05) is 13.0 Å². The van der Waals surface area contributed by atoms with Crippen LogP contribution in [-0.2, 0) is 9.47 Å². The molecule has 2 aromatic heterocycles. The fourth-order valence-electron chi connectivity index (χ4n) is 2.63. The van der Waals surface area contributed by atoms with Gasteiger partial charge in [0.15, 0.2) is 0 Å². The number of aromatic amines is 1. The van der Waals surface area contributed by atoms with Crippen LogP contribution < -0.4 is 4.90 Å². The Labute approximate surface area is 160 Å². The van der Waals surface area contributed by atoms with E-state index in [-0.39, 0.29) is 12.5 Å². The van der Waals surface area contributed by atoms with Gasteiger partial charge >= 0.3 is 5.97 Å². The minimum absolute atomic E-state index is 0.159. The molecule has 7 nitrogen and oxygen atoms in total. The summed E-state index contributed by atoms with van der Waals surface area (Å²) < 4.78 is 10.9. The van der Waals surface area contributed by atoms with Crippen molar-refractivity contribution in [3.63, 3.8) is 0 Å². The Hall–Kier alpha value is -2.19. The van der Waals surface area contributed by atoms with Crippen molar-refractivity contribution >= 4 is 33.6 Å². The highest BCUT2D eigenvalue weighted by Gasteiger charge is 2.26. The number of anilines is 1. The molecule has 26 heavy (non-hydrogen) atoms. The Balaban J connectivity index is 2.30. The number of amides is 1. The zero-order chi connectivity index (χ0) is 19.3. The molecule has 0 fully saturated rings.